The summed E-state index contributed by atoms with van der Waals surface area (Å²) < 4.78 is 32.7. The Morgan fingerprint density at radius 2 is 0.965 bits per heavy atom. The van der Waals surface area contributed by atoms with Gasteiger partial charge >= 0.3 is 19.8 Å². The molecule has 0 aliphatic rings. The number of aliphatic hydroxyl groups is 2. The summed E-state index contributed by atoms with van der Waals surface area (Å²) in [6, 6.07) is 0. The van der Waals surface area contributed by atoms with E-state index in [0.29, 0.717) is 19.3 Å². The maximum absolute atomic E-state index is 12.6. The average molecular weight is 825 g/mol. The van der Waals surface area contributed by atoms with Gasteiger partial charge in [0.2, 0.25) is 0 Å². The Balaban J connectivity index is 4.36. The van der Waals surface area contributed by atoms with Crippen molar-refractivity contribution in [2.24, 2.45) is 0 Å². The molecule has 1 unspecified atom stereocenters. The smallest absolute Gasteiger partial charge is 0.462 e. The van der Waals surface area contributed by atoms with E-state index in [1.54, 1.807) is 0 Å². The lowest BCUT2D eigenvalue weighted by molar-refractivity contribution is -0.161. The normalized spacial score (nSPS) is 14.4. The molecule has 330 valence electrons. The topological polar surface area (TPSA) is 149 Å². The van der Waals surface area contributed by atoms with Crippen molar-refractivity contribution in [3.8, 4) is 0 Å². The number of ether oxygens (including phenoxy) is 2. The van der Waals surface area contributed by atoms with Crippen LogP contribution in [-0.2, 0) is 32.7 Å². The maximum atomic E-state index is 12.6. The largest absolute Gasteiger partial charge is 0.472 e. The highest BCUT2D eigenvalue weighted by Crippen LogP contribution is 2.43. The molecule has 0 saturated carbocycles. The van der Waals surface area contributed by atoms with Crippen LogP contribution >= 0.6 is 7.82 Å². The van der Waals surface area contributed by atoms with Gasteiger partial charge in [0, 0.05) is 12.8 Å². The predicted molar refractivity (Wildman–Crippen MR) is 233 cm³/mol. The van der Waals surface area contributed by atoms with Crippen molar-refractivity contribution in [3.05, 3.63) is 60.8 Å². The minimum Gasteiger partial charge on any atom is -0.462 e. The van der Waals surface area contributed by atoms with Crippen molar-refractivity contribution in [1.29, 1.82) is 0 Å². The summed E-state index contributed by atoms with van der Waals surface area (Å²) in [4.78, 5) is 35.0. The van der Waals surface area contributed by atoms with Gasteiger partial charge in [0.1, 0.15) is 12.7 Å². The molecule has 3 atom stereocenters. The lowest BCUT2D eigenvalue weighted by Crippen LogP contribution is -2.29. The lowest BCUT2D eigenvalue weighted by atomic mass is 10.0. The third kappa shape index (κ3) is 41.6. The van der Waals surface area contributed by atoms with E-state index in [1.165, 1.54) is 83.5 Å². The second-order valence-corrected chi connectivity index (χ2v) is 16.2. The number of hydrogen-bond donors (Lipinski definition) is 3. The fourth-order valence-corrected chi connectivity index (χ4v) is 6.58. The molecule has 0 aliphatic heterocycles. The molecule has 0 radical (unpaired) electrons. The number of phosphoric ester groups is 1. The highest BCUT2D eigenvalue weighted by Gasteiger charge is 2.27. The van der Waals surface area contributed by atoms with Gasteiger partial charge in [-0.1, -0.05) is 177 Å². The molecular weight excluding hydrogens is 743 g/mol. The Morgan fingerprint density at radius 3 is 1.44 bits per heavy atom. The predicted octanol–water partition coefficient (Wildman–Crippen LogP) is 11.9. The van der Waals surface area contributed by atoms with Gasteiger partial charge in [-0.15, -0.1) is 0 Å². The monoisotopic (exact) mass is 825 g/mol. The van der Waals surface area contributed by atoms with Gasteiger partial charge in [0.25, 0.3) is 0 Å². The summed E-state index contributed by atoms with van der Waals surface area (Å²) in [6.45, 7) is 2.21. The Bertz CT molecular complexity index is 1130. The first-order chi connectivity index (χ1) is 27.7. The van der Waals surface area contributed by atoms with Crippen molar-refractivity contribution in [2.45, 2.75) is 193 Å². The van der Waals surface area contributed by atoms with E-state index in [1.807, 2.05) is 12.2 Å². The van der Waals surface area contributed by atoms with Crippen LogP contribution in [0.4, 0.5) is 0 Å². The van der Waals surface area contributed by atoms with E-state index < -0.39 is 51.8 Å². The van der Waals surface area contributed by atoms with Crippen LogP contribution in [0, 0.1) is 0 Å². The van der Waals surface area contributed by atoms with Gasteiger partial charge in [-0.2, -0.15) is 0 Å². The molecule has 11 heteroatoms. The Labute approximate surface area is 346 Å². The molecule has 0 spiro atoms. The van der Waals surface area contributed by atoms with E-state index in [9.17, 15) is 24.2 Å². The first kappa shape index (κ1) is 54.7. The first-order valence-corrected chi connectivity index (χ1v) is 23.7. The number of esters is 2. The van der Waals surface area contributed by atoms with E-state index in [4.69, 9.17) is 19.1 Å². The molecule has 0 aromatic carbocycles. The van der Waals surface area contributed by atoms with Gasteiger partial charge in [-0.25, -0.2) is 4.57 Å². The number of hydrogen-bond acceptors (Lipinski definition) is 9. The van der Waals surface area contributed by atoms with Crippen molar-refractivity contribution in [2.75, 3.05) is 26.4 Å². The van der Waals surface area contributed by atoms with Crippen molar-refractivity contribution >= 4 is 19.8 Å². The molecule has 57 heavy (non-hydrogen) atoms. The average Bonchev–Trinajstić information content (AvgIpc) is 3.20. The molecule has 0 aliphatic carbocycles. The summed E-state index contributed by atoms with van der Waals surface area (Å²) in [7, 11) is -4.63. The van der Waals surface area contributed by atoms with Crippen LogP contribution < -0.4 is 0 Å². The number of phosphoric acid groups is 1. The van der Waals surface area contributed by atoms with Gasteiger partial charge in [-0.05, 0) is 51.4 Å². The summed E-state index contributed by atoms with van der Waals surface area (Å²) >= 11 is 0. The standard InChI is InChI=1S/C46H81O10P/c1-3-5-7-9-11-13-15-17-19-21-23-25-27-29-31-33-35-37-45(49)53-41-44(42-55-57(51,52)54-40-43(48)39-47)56-46(50)38-36-34-32-30-28-26-24-22-20-18-16-14-12-10-8-6-4-2/h6,8,12,14,18,20,24,26,30,32,43-44,47-48H,3-5,7,9-11,13,15-17,19,21-23,25,27-29,31,33-42H2,1-2H3,(H,51,52)/b8-6-,14-12-,20-18-,26-24-,32-30-/t43-,44+/m0/s1. The van der Waals surface area contributed by atoms with Crippen LogP contribution in [0.1, 0.15) is 181 Å². The van der Waals surface area contributed by atoms with Crippen LogP contribution in [-0.4, -0.2) is 65.7 Å². The second-order valence-electron chi connectivity index (χ2n) is 14.7. The Kier molecular flexibility index (Phi) is 40.1. The summed E-state index contributed by atoms with van der Waals surface area (Å²) in [5, 5.41) is 18.3. The molecule has 0 fully saturated rings. The molecule has 0 saturated heterocycles. The molecule has 0 aromatic rings. The van der Waals surface area contributed by atoms with E-state index >= 15 is 0 Å². The van der Waals surface area contributed by atoms with Gasteiger partial charge in [0.15, 0.2) is 6.10 Å². The van der Waals surface area contributed by atoms with E-state index in [-0.39, 0.29) is 19.4 Å². The molecule has 0 rings (SSSR count). The minimum absolute atomic E-state index is 0.105. The minimum atomic E-state index is -4.63. The zero-order chi connectivity index (χ0) is 41.9. The summed E-state index contributed by atoms with van der Waals surface area (Å²) in [6.07, 6.45) is 46.2. The highest BCUT2D eigenvalue weighted by molar-refractivity contribution is 7.47. The fraction of sp³-hybridized carbons (Fsp3) is 0.739. The number of unbranched alkanes of at least 4 members (excludes halogenated alkanes) is 17. The van der Waals surface area contributed by atoms with Crippen LogP contribution in [0.2, 0.25) is 0 Å². The fourth-order valence-electron chi connectivity index (χ4n) is 5.79. The quantitative estimate of drug-likeness (QED) is 0.0235. The lowest BCUT2D eigenvalue weighted by Gasteiger charge is -2.20. The Hall–Kier alpha value is -2.33. The zero-order valence-electron chi connectivity index (χ0n) is 35.8. The zero-order valence-corrected chi connectivity index (χ0v) is 36.7. The SMILES string of the molecule is CC/C=C\C/C=C\C/C=C\C/C=C\C/C=C\CCCC(=O)O[C@H](COC(=O)CCCCCCCCCCCCCCCCCCC)COP(=O)(O)OC[C@@H](O)CO. The molecular formula is C46H81O10P. The number of rotatable bonds is 41. The van der Waals surface area contributed by atoms with Crippen LogP contribution in [0.3, 0.4) is 0 Å². The Morgan fingerprint density at radius 1 is 0.544 bits per heavy atom. The van der Waals surface area contributed by atoms with Crippen molar-refractivity contribution in [3.63, 3.8) is 0 Å². The van der Waals surface area contributed by atoms with Crippen molar-refractivity contribution < 1.29 is 47.8 Å². The van der Waals surface area contributed by atoms with Crippen LogP contribution in [0.15, 0.2) is 60.8 Å². The third-order valence-corrected chi connectivity index (χ3v) is 10.1. The molecule has 0 aromatic heterocycles. The molecule has 0 bridgehead atoms. The first-order valence-electron chi connectivity index (χ1n) is 22.2. The van der Waals surface area contributed by atoms with Gasteiger partial charge < -0.3 is 24.6 Å². The summed E-state index contributed by atoms with van der Waals surface area (Å²) in [5.41, 5.74) is 0. The van der Waals surface area contributed by atoms with Crippen molar-refractivity contribution in [1.82, 2.24) is 0 Å². The van der Waals surface area contributed by atoms with E-state index in [0.717, 1.165) is 51.4 Å². The van der Waals surface area contributed by atoms with Crippen LogP contribution in [0.25, 0.3) is 0 Å². The number of aliphatic hydroxyl groups excluding tert-OH is 2. The summed E-state index contributed by atoms with van der Waals surface area (Å²) in [5.74, 6) is -0.991. The molecule has 10 nitrogen and oxygen atoms in total. The van der Waals surface area contributed by atoms with Crippen LogP contribution in [0.5, 0.6) is 0 Å². The molecule has 0 amide bonds. The van der Waals surface area contributed by atoms with Gasteiger partial charge in [-0.3, -0.25) is 18.6 Å². The number of carbonyl (C=O) groups excluding carboxylic acids is 2. The molecule has 3 N–H and O–H groups in total. The molecule has 0 heterocycles. The second kappa shape index (κ2) is 41.8. The number of carbonyl (C=O) groups is 2. The third-order valence-electron chi connectivity index (χ3n) is 9.19. The maximum Gasteiger partial charge on any atom is 0.472 e. The highest BCUT2D eigenvalue weighted by atomic mass is 31.2. The van der Waals surface area contributed by atoms with Gasteiger partial charge in [0.05, 0.1) is 19.8 Å². The number of allylic oxidation sites excluding steroid dienone is 10. The van der Waals surface area contributed by atoms with E-state index in [2.05, 4.69) is 67.0 Å².